The summed E-state index contributed by atoms with van der Waals surface area (Å²) in [7, 11) is 1.67. The molecule has 0 saturated carbocycles. The first-order valence-corrected chi connectivity index (χ1v) is 7.53. The van der Waals surface area contributed by atoms with E-state index in [0.29, 0.717) is 31.0 Å². The van der Waals surface area contributed by atoms with Gasteiger partial charge in [0, 0.05) is 20.1 Å². The quantitative estimate of drug-likeness (QED) is 0.656. The molecule has 2 rings (SSSR count). The third-order valence-electron chi connectivity index (χ3n) is 3.52. The first kappa shape index (κ1) is 16.9. The van der Waals surface area contributed by atoms with Crippen molar-refractivity contribution in [2.75, 3.05) is 13.6 Å². The van der Waals surface area contributed by atoms with Crippen molar-refractivity contribution in [3.63, 3.8) is 0 Å². The monoisotopic (exact) mass is 317 g/mol. The molecule has 0 unspecified atom stereocenters. The molecular weight excluding hydrogens is 296 g/mol. The number of hydrogen-bond donors (Lipinski definition) is 2. The Morgan fingerprint density at radius 3 is 2.48 bits per heavy atom. The molecule has 0 aliphatic carbocycles. The standard InChI is InChI=1S/C18H21F2N3/c1-13-6-8-14(9-7-13)12-23-18(21-2)22-11-10-15-4-3-5-16(19)17(15)20/h3-9H,10-12H2,1-2H3,(H2,21,22,23). The van der Waals surface area contributed by atoms with Crippen LogP contribution in [0.5, 0.6) is 0 Å². The Hall–Kier alpha value is -2.43. The van der Waals surface area contributed by atoms with Crippen LogP contribution in [0.15, 0.2) is 47.5 Å². The van der Waals surface area contributed by atoms with Gasteiger partial charge in [-0.3, -0.25) is 4.99 Å². The van der Waals surface area contributed by atoms with Crippen molar-refractivity contribution in [3.8, 4) is 0 Å². The van der Waals surface area contributed by atoms with Gasteiger partial charge in [-0.25, -0.2) is 8.78 Å². The van der Waals surface area contributed by atoms with Crippen LogP contribution in [-0.2, 0) is 13.0 Å². The van der Waals surface area contributed by atoms with E-state index in [1.807, 2.05) is 6.92 Å². The highest BCUT2D eigenvalue weighted by Crippen LogP contribution is 2.11. The van der Waals surface area contributed by atoms with Crippen LogP contribution >= 0.6 is 0 Å². The van der Waals surface area contributed by atoms with E-state index in [-0.39, 0.29) is 0 Å². The van der Waals surface area contributed by atoms with Crippen molar-refractivity contribution in [2.24, 2.45) is 4.99 Å². The van der Waals surface area contributed by atoms with E-state index in [0.717, 1.165) is 11.6 Å². The molecule has 0 aliphatic heterocycles. The van der Waals surface area contributed by atoms with Crippen molar-refractivity contribution in [1.82, 2.24) is 10.6 Å². The fraction of sp³-hybridized carbons (Fsp3) is 0.278. The zero-order valence-electron chi connectivity index (χ0n) is 13.4. The largest absolute Gasteiger partial charge is 0.356 e. The van der Waals surface area contributed by atoms with Crippen LogP contribution < -0.4 is 10.6 Å². The van der Waals surface area contributed by atoms with Gasteiger partial charge in [0.2, 0.25) is 0 Å². The third-order valence-corrected chi connectivity index (χ3v) is 3.52. The minimum absolute atomic E-state index is 0.353. The zero-order valence-corrected chi connectivity index (χ0v) is 13.4. The number of aliphatic imine (C=N–C) groups is 1. The van der Waals surface area contributed by atoms with E-state index < -0.39 is 11.6 Å². The second kappa shape index (κ2) is 8.27. The molecule has 2 N–H and O–H groups in total. The lowest BCUT2D eigenvalue weighted by Gasteiger charge is -2.12. The van der Waals surface area contributed by atoms with Crippen molar-refractivity contribution in [1.29, 1.82) is 0 Å². The smallest absolute Gasteiger partial charge is 0.191 e. The molecular formula is C18H21F2N3. The summed E-state index contributed by atoms with van der Waals surface area (Å²) < 4.78 is 26.7. The number of nitrogens with zero attached hydrogens (tertiary/aromatic N) is 1. The zero-order chi connectivity index (χ0) is 16.7. The average molecular weight is 317 g/mol. The molecule has 3 nitrogen and oxygen atoms in total. The Morgan fingerprint density at radius 1 is 1.04 bits per heavy atom. The van der Waals surface area contributed by atoms with Gasteiger partial charge < -0.3 is 10.6 Å². The fourth-order valence-electron chi connectivity index (χ4n) is 2.17. The summed E-state index contributed by atoms with van der Waals surface area (Å²) >= 11 is 0. The lowest BCUT2D eigenvalue weighted by atomic mass is 10.1. The van der Waals surface area contributed by atoms with Crippen LogP contribution in [0.3, 0.4) is 0 Å². The lowest BCUT2D eigenvalue weighted by Crippen LogP contribution is -2.37. The predicted molar refractivity (Wildman–Crippen MR) is 89.4 cm³/mol. The van der Waals surface area contributed by atoms with Gasteiger partial charge in [-0.15, -0.1) is 0 Å². The minimum atomic E-state index is -0.815. The molecule has 0 amide bonds. The Kier molecular flexibility index (Phi) is 6.09. The number of halogens is 2. The Balaban J connectivity index is 1.81. The Morgan fingerprint density at radius 2 is 1.78 bits per heavy atom. The second-order valence-electron chi connectivity index (χ2n) is 5.30. The molecule has 0 atom stereocenters. The normalized spacial score (nSPS) is 11.4. The van der Waals surface area contributed by atoms with Gasteiger partial charge in [-0.2, -0.15) is 0 Å². The van der Waals surface area contributed by atoms with E-state index in [1.54, 1.807) is 13.1 Å². The molecule has 23 heavy (non-hydrogen) atoms. The fourth-order valence-corrected chi connectivity index (χ4v) is 2.17. The van der Waals surface area contributed by atoms with Gasteiger partial charge in [0.15, 0.2) is 17.6 Å². The maximum Gasteiger partial charge on any atom is 0.191 e. The average Bonchev–Trinajstić information content (AvgIpc) is 2.56. The summed E-state index contributed by atoms with van der Waals surface area (Å²) in [5, 5.41) is 6.28. The predicted octanol–water partition coefficient (Wildman–Crippen LogP) is 3.18. The van der Waals surface area contributed by atoms with Gasteiger partial charge in [0.1, 0.15) is 0 Å². The number of rotatable bonds is 5. The van der Waals surface area contributed by atoms with Crippen LogP contribution in [0, 0.1) is 18.6 Å². The van der Waals surface area contributed by atoms with E-state index in [2.05, 4.69) is 39.9 Å². The third kappa shape index (κ3) is 5.06. The summed E-state index contributed by atoms with van der Waals surface area (Å²) in [6.07, 6.45) is 0.384. The Labute approximate surface area is 135 Å². The van der Waals surface area contributed by atoms with Crippen molar-refractivity contribution in [2.45, 2.75) is 19.9 Å². The molecule has 2 aromatic carbocycles. The number of nitrogens with one attached hydrogen (secondary N) is 2. The first-order chi connectivity index (χ1) is 11.1. The molecule has 0 heterocycles. The molecule has 2 aromatic rings. The highest BCUT2D eigenvalue weighted by Gasteiger charge is 2.07. The summed E-state index contributed by atoms with van der Waals surface area (Å²) in [4.78, 5) is 4.12. The number of guanidine groups is 1. The molecule has 0 aliphatic rings. The van der Waals surface area contributed by atoms with E-state index in [1.165, 1.54) is 11.6 Å². The molecule has 0 fully saturated rings. The summed E-state index contributed by atoms with van der Waals surface area (Å²) in [6.45, 7) is 3.16. The van der Waals surface area contributed by atoms with Crippen molar-refractivity contribution >= 4 is 5.96 Å². The maximum absolute atomic E-state index is 13.6. The molecule has 0 aromatic heterocycles. The van der Waals surface area contributed by atoms with Crippen LogP contribution in [0.4, 0.5) is 8.78 Å². The van der Waals surface area contributed by atoms with E-state index >= 15 is 0 Å². The molecule has 5 heteroatoms. The Bertz CT molecular complexity index is 666. The number of aryl methyl sites for hydroxylation is 1. The molecule has 0 saturated heterocycles. The highest BCUT2D eigenvalue weighted by atomic mass is 19.2. The second-order valence-corrected chi connectivity index (χ2v) is 5.30. The van der Waals surface area contributed by atoms with Gasteiger partial charge in [0.05, 0.1) is 0 Å². The van der Waals surface area contributed by atoms with Crippen LogP contribution in [0.25, 0.3) is 0 Å². The number of hydrogen-bond acceptors (Lipinski definition) is 1. The molecule has 0 spiro atoms. The van der Waals surface area contributed by atoms with Gasteiger partial charge >= 0.3 is 0 Å². The van der Waals surface area contributed by atoms with Crippen LogP contribution in [0.2, 0.25) is 0 Å². The van der Waals surface area contributed by atoms with Crippen LogP contribution in [-0.4, -0.2) is 19.6 Å². The van der Waals surface area contributed by atoms with Gasteiger partial charge in [-0.05, 0) is 30.5 Å². The van der Waals surface area contributed by atoms with Crippen molar-refractivity contribution in [3.05, 3.63) is 70.8 Å². The van der Waals surface area contributed by atoms with Gasteiger partial charge in [0.25, 0.3) is 0 Å². The van der Waals surface area contributed by atoms with Crippen molar-refractivity contribution < 1.29 is 8.78 Å². The molecule has 0 radical (unpaired) electrons. The van der Waals surface area contributed by atoms with Crippen LogP contribution in [0.1, 0.15) is 16.7 Å². The first-order valence-electron chi connectivity index (χ1n) is 7.53. The molecule has 0 bridgehead atoms. The lowest BCUT2D eigenvalue weighted by molar-refractivity contribution is 0.498. The highest BCUT2D eigenvalue weighted by molar-refractivity contribution is 5.79. The number of benzene rings is 2. The molecule has 122 valence electrons. The summed E-state index contributed by atoms with van der Waals surface area (Å²) in [6, 6.07) is 12.4. The van der Waals surface area contributed by atoms with E-state index in [9.17, 15) is 8.78 Å². The van der Waals surface area contributed by atoms with Gasteiger partial charge in [-0.1, -0.05) is 42.0 Å². The van der Waals surface area contributed by atoms with E-state index in [4.69, 9.17) is 0 Å². The SMILES string of the molecule is CN=C(NCCc1cccc(F)c1F)NCc1ccc(C)cc1. The summed E-state index contributed by atoms with van der Waals surface area (Å²) in [5.41, 5.74) is 2.72. The summed E-state index contributed by atoms with van der Waals surface area (Å²) in [5.74, 6) is -0.969. The minimum Gasteiger partial charge on any atom is -0.356 e. The topological polar surface area (TPSA) is 36.4 Å². The maximum atomic E-state index is 13.6.